The monoisotopic (exact) mass is 922 g/mol. The molecule has 4 aromatic rings. The lowest BCUT2D eigenvalue weighted by atomic mass is 9.89. The molecule has 0 saturated carbocycles. The van der Waals surface area contributed by atoms with Gasteiger partial charge in [-0.1, -0.05) is 63.6 Å². The maximum atomic E-state index is 14.2. The van der Waals surface area contributed by atoms with Gasteiger partial charge in [0.25, 0.3) is 5.91 Å². The highest BCUT2D eigenvalue weighted by Crippen LogP contribution is 2.42. The van der Waals surface area contributed by atoms with E-state index in [4.69, 9.17) is 16.3 Å². The van der Waals surface area contributed by atoms with Gasteiger partial charge in [0, 0.05) is 69.0 Å². The van der Waals surface area contributed by atoms with Gasteiger partial charge in [-0.05, 0) is 73.4 Å². The molecular formula is C46H54ClF3N8O7. The number of hydrogen-bond donors (Lipinski definition) is 3. The van der Waals surface area contributed by atoms with E-state index in [1.165, 1.54) is 19.3 Å². The van der Waals surface area contributed by atoms with Crippen molar-refractivity contribution in [1.29, 1.82) is 0 Å². The molecule has 1 unspecified atom stereocenters. The minimum Gasteiger partial charge on any atom is -0.465 e. The van der Waals surface area contributed by atoms with Crippen molar-refractivity contribution >= 4 is 46.9 Å². The predicted molar refractivity (Wildman–Crippen MR) is 238 cm³/mol. The number of carboxylic acid groups (broad SMARTS) is 1. The molecule has 3 saturated heterocycles. The number of carbonyl (C=O) groups is 4. The molecule has 3 N–H and O–H groups in total. The van der Waals surface area contributed by atoms with Crippen LogP contribution in [0.3, 0.4) is 0 Å². The molecule has 15 nitrogen and oxygen atoms in total. The Kier molecular flexibility index (Phi) is 13.7. The summed E-state index contributed by atoms with van der Waals surface area (Å²) in [7, 11) is 1.42. The number of hydrogen-bond acceptors (Lipinski definition) is 9. The van der Waals surface area contributed by atoms with Crippen molar-refractivity contribution in [3.63, 3.8) is 0 Å². The summed E-state index contributed by atoms with van der Waals surface area (Å²) < 4.78 is 51.5. The van der Waals surface area contributed by atoms with E-state index in [1.54, 1.807) is 47.5 Å². The molecule has 348 valence electrons. The molecule has 3 aliphatic rings. The maximum absolute atomic E-state index is 14.2. The van der Waals surface area contributed by atoms with E-state index in [9.17, 15) is 37.5 Å². The molecule has 19 heteroatoms. The molecule has 4 atom stereocenters. The number of aromatic amines is 1. The van der Waals surface area contributed by atoms with Crippen LogP contribution < -0.4 is 15.0 Å². The number of nitrogens with one attached hydrogen (secondary N) is 2. The number of halogens is 4. The van der Waals surface area contributed by atoms with Crippen LogP contribution >= 0.6 is 11.6 Å². The van der Waals surface area contributed by atoms with Gasteiger partial charge in [-0.3, -0.25) is 19.3 Å². The Morgan fingerprint density at radius 1 is 0.969 bits per heavy atom. The summed E-state index contributed by atoms with van der Waals surface area (Å²) in [5, 5.41) is 12.4. The van der Waals surface area contributed by atoms with Crippen LogP contribution in [0.25, 0.3) is 22.4 Å². The van der Waals surface area contributed by atoms with Crippen LogP contribution in [0.15, 0.2) is 60.9 Å². The van der Waals surface area contributed by atoms with E-state index in [-0.39, 0.29) is 51.4 Å². The van der Waals surface area contributed by atoms with E-state index in [0.717, 1.165) is 11.0 Å². The van der Waals surface area contributed by atoms with E-state index in [0.29, 0.717) is 87.2 Å². The van der Waals surface area contributed by atoms with Crippen molar-refractivity contribution in [1.82, 2.24) is 29.7 Å². The van der Waals surface area contributed by atoms with E-state index >= 15 is 0 Å². The van der Waals surface area contributed by atoms with Gasteiger partial charge in [-0.15, -0.1) is 13.2 Å². The van der Waals surface area contributed by atoms with Gasteiger partial charge in [0.15, 0.2) is 0 Å². The number of alkyl halides is 3. The number of nitrogens with zero attached hydrogens (tertiary/aromatic N) is 6. The highest BCUT2D eigenvalue weighted by atomic mass is 35.5. The molecule has 0 spiro atoms. The van der Waals surface area contributed by atoms with Gasteiger partial charge in [-0.25, -0.2) is 14.8 Å². The van der Waals surface area contributed by atoms with Crippen LogP contribution in [0.2, 0.25) is 5.02 Å². The second kappa shape index (κ2) is 18.9. The summed E-state index contributed by atoms with van der Waals surface area (Å²) in [6, 6.07) is 10.8. The molecule has 2 aromatic heterocycles. The lowest BCUT2D eigenvalue weighted by Crippen LogP contribution is -2.56. The molecule has 5 heterocycles. The van der Waals surface area contributed by atoms with Crippen LogP contribution in [0.1, 0.15) is 76.1 Å². The Morgan fingerprint density at radius 2 is 1.66 bits per heavy atom. The fourth-order valence-corrected chi connectivity index (χ4v) is 9.33. The van der Waals surface area contributed by atoms with Gasteiger partial charge >= 0.3 is 12.5 Å². The largest absolute Gasteiger partial charge is 0.573 e. The average Bonchev–Trinajstić information content (AvgIpc) is 3.90. The number of ether oxygens (including phenoxy) is 2. The molecule has 0 radical (unpaired) electrons. The Balaban J connectivity index is 1.06. The number of likely N-dealkylation sites (tertiary alicyclic amines) is 1. The van der Waals surface area contributed by atoms with Crippen molar-refractivity contribution in [3.05, 3.63) is 77.3 Å². The lowest BCUT2D eigenvalue weighted by Gasteiger charge is -2.42. The molecule has 0 bridgehead atoms. The van der Waals surface area contributed by atoms with Gasteiger partial charge in [0.1, 0.15) is 23.4 Å². The van der Waals surface area contributed by atoms with E-state index < -0.39 is 41.6 Å². The molecule has 4 amide bonds. The van der Waals surface area contributed by atoms with E-state index in [2.05, 4.69) is 29.9 Å². The molecule has 0 aliphatic carbocycles. The molecule has 65 heavy (non-hydrogen) atoms. The third-order valence-electron chi connectivity index (χ3n) is 12.3. The second-order valence-corrected chi connectivity index (χ2v) is 18.6. The van der Waals surface area contributed by atoms with Crippen molar-refractivity contribution in [2.75, 3.05) is 56.7 Å². The quantitative estimate of drug-likeness (QED) is 0.140. The number of likely N-dealkylation sites (N-methyl/N-ethyl adjacent to an activating group) is 1. The highest BCUT2D eigenvalue weighted by Gasteiger charge is 2.44. The number of piperazine rings is 1. The number of imidazole rings is 1. The first-order valence-electron chi connectivity index (χ1n) is 21.6. The second-order valence-electron chi connectivity index (χ2n) is 18.2. The average molecular weight is 923 g/mol. The van der Waals surface area contributed by atoms with Gasteiger partial charge in [-0.2, -0.15) is 0 Å². The number of amides is 4. The predicted octanol–water partition coefficient (Wildman–Crippen LogP) is 8.34. The Bertz CT molecular complexity index is 2390. The zero-order valence-corrected chi connectivity index (χ0v) is 37.9. The number of carbonyl (C=O) groups excluding carboxylic acids is 3. The number of benzene rings is 2. The summed E-state index contributed by atoms with van der Waals surface area (Å²) >= 11 is 6.65. The number of pyridine rings is 1. The third-order valence-corrected chi connectivity index (χ3v) is 12.6. The van der Waals surface area contributed by atoms with Gasteiger partial charge in [0.2, 0.25) is 11.8 Å². The van der Waals surface area contributed by atoms with Crippen molar-refractivity contribution in [2.24, 2.45) is 17.3 Å². The molecule has 7 rings (SSSR count). The first-order chi connectivity index (χ1) is 30.7. The minimum atomic E-state index is -5.11. The highest BCUT2D eigenvalue weighted by molar-refractivity contribution is 6.34. The standard InChI is InChI=1S/C46H54ClF3N8O7/c1-26-19-35(58(24-26)42(60)39(55(6)44(62)63)30-13-17-64-18-14-30)40-52-23-34(54-40)28-7-9-29(10-8-28)38-33(47)20-31(21-36(38)65-46(48,49)50)41(59)53-32-11-12-37(51-22-32)57-16-15-56(25-27(57)2)43(61)45(3,4)5/h7-12,20-23,26-27,30,35,39H,13-19,24-25H2,1-6H3,(H,52,54)(H,53,59)(H,62,63)/t26-,27?,35-,39-/m0/s1. The van der Waals surface area contributed by atoms with Gasteiger partial charge in [0.05, 0.1) is 34.8 Å². The SMILES string of the molecule is CC1CN(C(=O)C(C)(C)C)CCN1c1ccc(NC(=O)c2cc(Cl)c(-c3ccc(-c4cnc([C@@H]5C[C@H](C)CN5C(=O)[C@H](C5CCOCC5)N(C)C(=O)O)[nH]4)cc3)c(OC(F)(F)F)c2)cn1. The summed E-state index contributed by atoms with van der Waals surface area (Å²) in [5.74, 6) is -0.521. The third kappa shape index (κ3) is 10.6. The lowest BCUT2D eigenvalue weighted by molar-refractivity contribution is -0.274. The maximum Gasteiger partial charge on any atom is 0.573 e. The normalized spacial score (nSPS) is 20.1. The fraction of sp³-hybridized carbons (Fsp3) is 0.478. The number of H-pyrrole nitrogens is 1. The minimum absolute atomic E-state index is 0.0153. The fourth-order valence-electron chi connectivity index (χ4n) is 9.01. The Labute approximate surface area is 380 Å². The molecule has 3 fully saturated rings. The topological polar surface area (TPSA) is 174 Å². The van der Waals surface area contributed by atoms with Crippen molar-refractivity contribution in [2.45, 2.75) is 78.4 Å². The van der Waals surface area contributed by atoms with E-state index in [1.807, 2.05) is 39.5 Å². The first kappa shape index (κ1) is 47.1. The Morgan fingerprint density at radius 3 is 2.28 bits per heavy atom. The summed E-state index contributed by atoms with van der Waals surface area (Å²) in [6.07, 6.45) is -1.51. The number of rotatable bonds is 10. The molecule has 2 aromatic carbocycles. The summed E-state index contributed by atoms with van der Waals surface area (Å²) in [6.45, 7) is 12.7. The van der Waals surface area contributed by atoms with Crippen molar-refractivity contribution in [3.8, 4) is 28.1 Å². The zero-order valence-electron chi connectivity index (χ0n) is 37.1. The smallest absolute Gasteiger partial charge is 0.465 e. The number of anilines is 2. The van der Waals surface area contributed by atoms with Crippen LogP contribution in [-0.4, -0.2) is 123 Å². The zero-order chi connectivity index (χ0) is 47.0. The first-order valence-corrected chi connectivity index (χ1v) is 22.0. The van der Waals surface area contributed by atoms with Crippen LogP contribution in [0.4, 0.5) is 29.5 Å². The molecular weight excluding hydrogens is 869 g/mol. The van der Waals surface area contributed by atoms with Crippen LogP contribution in [0, 0.1) is 17.3 Å². The summed E-state index contributed by atoms with van der Waals surface area (Å²) in [5.41, 5.74) is 1.05. The molecule has 3 aliphatic heterocycles. The summed E-state index contributed by atoms with van der Waals surface area (Å²) in [4.78, 5) is 71.7. The Hall–Kier alpha value is -5.88. The van der Waals surface area contributed by atoms with Crippen LogP contribution in [-0.2, 0) is 14.3 Å². The van der Waals surface area contributed by atoms with Crippen molar-refractivity contribution < 1.29 is 46.9 Å². The van der Waals surface area contributed by atoms with Gasteiger partial charge < -0.3 is 39.6 Å². The van der Waals surface area contributed by atoms with Crippen LogP contribution in [0.5, 0.6) is 5.75 Å². The number of aromatic nitrogens is 3.